The minimum absolute atomic E-state index is 0.0278. The summed E-state index contributed by atoms with van der Waals surface area (Å²) in [5.74, 6) is 0.839. The highest BCUT2D eigenvalue weighted by Gasteiger charge is 2.35. The quantitative estimate of drug-likeness (QED) is 0.333. The van der Waals surface area contributed by atoms with Gasteiger partial charge >= 0.3 is 6.18 Å². The van der Waals surface area contributed by atoms with Gasteiger partial charge in [0.05, 0.1) is 29.8 Å². The van der Waals surface area contributed by atoms with Crippen molar-refractivity contribution in [1.82, 2.24) is 9.80 Å². The van der Waals surface area contributed by atoms with Gasteiger partial charge in [-0.1, -0.05) is 11.6 Å². The molecule has 218 valence electrons. The van der Waals surface area contributed by atoms with E-state index in [-0.39, 0.29) is 30.2 Å². The number of benzene rings is 2. The molecule has 41 heavy (non-hydrogen) atoms. The van der Waals surface area contributed by atoms with Gasteiger partial charge in [0, 0.05) is 55.4 Å². The van der Waals surface area contributed by atoms with E-state index in [1.807, 2.05) is 28.0 Å². The van der Waals surface area contributed by atoms with E-state index >= 15 is 0 Å². The largest absolute Gasteiger partial charge is 0.460 e. The van der Waals surface area contributed by atoms with E-state index < -0.39 is 11.7 Å². The molecule has 0 spiro atoms. The number of hydrogen-bond acceptors (Lipinski definition) is 6. The van der Waals surface area contributed by atoms with Gasteiger partial charge in [0.15, 0.2) is 0 Å². The molecule has 0 N–H and O–H groups in total. The second-order valence-electron chi connectivity index (χ2n) is 10.7. The topological polar surface area (TPSA) is 73.0 Å². The molecule has 1 amide bonds. The van der Waals surface area contributed by atoms with Crippen LogP contribution in [0.15, 0.2) is 46.9 Å². The molecule has 1 aliphatic heterocycles. The lowest BCUT2D eigenvalue weighted by molar-refractivity contribution is -0.140. The normalized spacial score (nSPS) is 20.2. The molecule has 3 aromatic rings. The molecule has 11 heteroatoms. The zero-order valence-corrected chi connectivity index (χ0v) is 23.5. The van der Waals surface area contributed by atoms with Crippen LogP contribution in [0.25, 0.3) is 11.0 Å². The summed E-state index contributed by atoms with van der Waals surface area (Å²) in [6.45, 7) is 3.42. The van der Waals surface area contributed by atoms with Crippen molar-refractivity contribution in [3.8, 4) is 6.07 Å². The third-order valence-electron chi connectivity index (χ3n) is 8.10. The SMILES string of the molecule is CN(c1ccc(C#N)c(C(F)(F)F)c1)C1CCC(OCC(=O)N2CCN(Cc3cc4cc(Cl)ccc4o3)CC2)CC1. The van der Waals surface area contributed by atoms with Gasteiger partial charge in [0.1, 0.15) is 18.0 Å². The molecule has 2 fully saturated rings. The number of hydrogen-bond donors (Lipinski definition) is 0. The number of nitriles is 1. The number of carbonyl (C=O) groups excluding carboxylic acids is 1. The van der Waals surface area contributed by atoms with Gasteiger partial charge in [-0.15, -0.1) is 0 Å². The summed E-state index contributed by atoms with van der Waals surface area (Å²) in [6.07, 6.45) is -1.72. The van der Waals surface area contributed by atoms with E-state index in [1.165, 1.54) is 6.07 Å². The Kier molecular flexibility index (Phi) is 8.78. The van der Waals surface area contributed by atoms with E-state index in [4.69, 9.17) is 26.0 Å². The lowest BCUT2D eigenvalue weighted by Gasteiger charge is -2.37. The lowest BCUT2D eigenvalue weighted by Crippen LogP contribution is -2.49. The van der Waals surface area contributed by atoms with Gasteiger partial charge in [0.2, 0.25) is 5.91 Å². The summed E-state index contributed by atoms with van der Waals surface area (Å²) < 4.78 is 52.0. The number of ether oxygens (including phenoxy) is 1. The summed E-state index contributed by atoms with van der Waals surface area (Å²) in [7, 11) is 1.78. The van der Waals surface area contributed by atoms with Crippen LogP contribution in [0.3, 0.4) is 0 Å². The third-order valence-corrected chi connectivity index (χ3v) is 8.34. The second-order valence-corrected chi connectivity index (χ2v) is 11.2. The van der Waals surface area contributed by atoms with E-state index in [2.05, 4.69) is 4.90 Å². The smallest absolute Gasteiger partial charge is 0.417 e. The maximum Gasteiger partial charge on any atom is 0.417 e. The van der Waals surface area contributed by atoms with Gasteiger partial charge in [-0.25, -0.2) is 0 Å². The molecule has 1 aromatic heterocycles. The Hall–Kier alpha value is -3.26. The molecule has 0 bridgehead atoms. The Morgan fingerprint density at radius 2 is 1.83 bits per heavy atom. The van der Waals surface area contributed by atoms with Crippen molar-refractivity contribution in [1.29, 1.82) is 5.26 Å². The fourth-order valence-electron chi connectivity index (χ4n) is 5.70. The number of alkyl halides is 3. The first kappa shape index (κ1) is 29.2. The molecule has 2 aliphatic rings. The summed E-state index contributed by atoms with van der Waals surface area (Å²) >= 11 is 6.07. The molecule has 2 aromatic carbocycles. The molecule has 2 heterocycles. The molecule has 1 saturated carbocycles. The highest BCUT2D eigenvalue weighted by Crippen LogP contribution is 2.36. The zero-order valence-electron chi connectivity index (χ0n) is 22.8. The maximum absolute atomic E-state index is 13.4. The molecule has 0 radical (unpaired) electrons. The Morgan fingerprint density at radius 1 is 1.10 bits per heavy atom. The van der Waals surface area contributed by atoms with Gasteiger partial charge in [-0.3, -0.25) is 9.69 Å². The van der Waals surface area contributed by atoms with Gasteiger partial charge in [0.25, 0.3) is 0 Å². The number of fused-ring (bicyclic) bond motifs is 1. The highest BCUT2D eigenvalue weighted by molar-refractivity contribution is 6.31. The molecule has 0 unspecified atom stereocenters. The average Bonchev–Trinajstić information content (AvgIpc) is 3.36. The summed E-state index contributed by atoms with van der Waals surface area (Å²) in [5, 5.41) is 10.7. The number of amides is 1. The molecular formula is C30H32ClF3N4O3. The monoisotopic (exact) mass is 588 g/mol. The van der Waals surface area contributed by atoms with E-state index in [0.29, 0.717) is 30.3 Å². The van der Waals surface area contributed by atoms with Crippen LogP contribution in [0, 0.1) is 11.3 Å². The van der Waals surface area contributed by atoms with Crippen molar-refractivity contribution < 1.29 is 27.1 Å². The lowest BCUT2D eigenvalue weighted by atomic mass is 9.91. The van der Waals surface area contributed by atoms with Crippen LogP contribution in [-0.4, -0.2) is 67.7 Å². The minimum atomic E-state index is -4.59. The number of furan rings is 1. The fraction of sp³-hybridized carbons (Fsp3) is 0.467. The number of carbonyl (C=O) groups is 1. The van der Waals surface area contributed by atoms with Gasteiger partial charge < -0.3 is 19.0 Å². The van der Waals surface area contributed by atoms with Crippen molar-refractivity contribution in [2.75, 3.05) is 44.7 Å². The maximum atomic E-state index is 13.4. The third kappa shape index (κ3) is 6.97. The Morgan fingerprint density at radius 3 is 2.51 bits per heavy atom. The molecule has 7 nitrogen and oxygen atoms in total. The van der Waals surface area contributed by atoms with Crippen molar-refractivity contribution >= 4 is 34.2 Å². The molecular weight excluding hydrogens is 557 g/mol. The molecule has 5 rings (SSSR count). The van der Waals surface area contributed by atoms with E-state index in [9.17, 15) is 18.0 Å². The van der Waals surface area contributed by atoms with Crippen molar-refractivity contribution in [2.45, 2.75) is 50.6 Å². The standard InChI is InChI=1S/C30H32ClF3N4O3/c1-36(24-4-2-20(17-35)27(16-24)30(32,33)34)23-5-7-25(8-6-23)40-19-29(39)38-12-10-37(11-13-38)18-26-15-21-14-22(31)3-9-28(21)41-26/h2-4,9,14-16,23,25H,5-8,10-13,18-19H2,1H3. The summed E-state index contributed by atoms with van der Waals surface area (Å²) in [5.41, 5.74) is -0.0592. The summed E-state index contributed by atoms with van der Waals surface area (Å²) in [4.78, 5) is 18.7. The Bertz CT molecular complexity index is 1420. The van der Waals surface area contributed by atoms with Crippen molar-refractivity contribution in [3.63, 3.8) is 0 Å². The van der Waals surface area contributed by atoms with Crippen LogP contribution in [0.5, 0.6) is 0 Å². The number of piperazine rings is 1. The van der Waals surface area contributed by atoms with E-state index in [1.54, 1.807) is 25.2 Å². The number of rotatable bonds is 7. The van der Waals surface area contributed by atoms with Gasteiger partial charge in [-0.2, -0.15) is 18.4 Å². The second kappa shape index (κ2) is 12.3. The van der Waals surface area contributed by atoms with Crippen LogP contribution in [0.4, 0.5) is 18.9 Å². The fourth-order valence-corrected chi connectivity index (χ4v) is 5.88. The van der Waals surface area contributed by atoms with Crippen LogP contribution >= 0.6 is 11.6 Å². The average molecular weight is 589 g/mol. The van der Waals surface area contributed by atoms with Crippen molar-refractivity contribution in [2.24, 2.45) is 0 Å². The minimum Gasteiger partial charge on any atom is -0.460 e. The Labute approximate surface area is 242 Å². The van der Waals surface area contributed by atoms with Crippen molar-refractivity contribution in [3.05, 3.63) is 64.4 Å². The van der Waals surface area contributed by atoms with Crippen LogP contribution < -0.4 is 4.90 Å². The molecule has 1 aliphatic carbocycles. The van der Waals surface area contributed by atoms with Crippen LogP contribution in [0.1, 0.15) is 42.6 Å². The Balaban J connectivity index is 1.04. The predicted octanol–water partition coefficient (Wildman–Crippen LogP) is 6.09. The molecule has 1 saturated heterocycles. The highest BCUT2D eigenvalue weighted by atomic mass is 35.5. The number of nitrogens with zero attached hydrogens (tertiary/aromatic N) is 4. The first-order chi connectivity index (χ1) is 19.6. The van der Waals surface area contributed by atoms with E-state index in [0.717, 1.165) is 61.6 Å². The molecule has 0 atom stereocenters. The first-order valence-corrected chi connectivity index (χ1v) is 14.1. The summed E-state index contributed by atoms with van der Waals surface area (Å²) in [6, 6.07) is 13.1. The predicted molar refractivity (Wildman–Crippen MR) is 150 cm³/mol. The number of anilines is 1. The first-order valence-electron chi connectivity index (χ1n) is 13.7. The van der Waals surface area contributed by atoms with Gasteiger partial charge in [-0.05, 0) is 68.1 Å². The zero-order chi connectivity index (χ0) is 29.1. The van der Waals surface area contributed by atoms with Crippen LogP contribution in [0.2, 0.25) is 5.02 Å². The number of halogens is 4. The van der Waals surface area contributed by atoms with Crippen LogP contribution in [-0.2, 0) is 22.3 Å².